The SMILES string of the molecule is COc1cccc([C@H]2C[C@@H]2C(=O)NCC2CCC2)c1. The molecule has 1 amide bonds. The van der Waals surface area contributed by atoms with Gasteiger partial charge in [0.25, 0.3) is 0 Å². The highest BCUT2D eigenvalue weighted by Gasteiger charge is 2.44. The van der Waals surface area contributed by atoms with Gasteiger partial charge in [0.15, 0.2) is 0 Å². The molecule has 1 N–H and O–H groups in total. The molecule has 2 fully saturated rings. The van der Waals surface area contributed by atoms with Gasteiger partial charge in [-0.1, -0.05) is 18.6 Å². The van der Waals surface area contributed by atoms with Gasteiger partial charge in [-0.15, -0.1) is 0 Å². The fourth-order valence-corrected chi connectivity index (χ4v) is 2.80. The summed E-state index contributed by atoms with van der Waals surface area (Å²) in [6.07, 6.45) is 4.87. The van der Waals surface area contributed by atoms with Crippen LogP contribution in [0, 0.1) is 11.8 Å². The Labute approximate surface area is 114 Å². The van der Waals surface area contributed by atoms with Crippen LogP contribution in [0.15, 0.2) is 24.3 Å². The summed E-state index contributed by atoms with van der Waals surface area (Å²) in [5.74, 6) is 2.40. The Morgan fingerprint density at radius 1 is 1.42 bits per heavy atom. The summed E-state index contributed by atoms with van der Waals surface area (Å²) in [4.78, 5) is 12.0. The molecule has 0 aliphatic heterocycles. The van der Waals surface area contributed by atoms with Crippen LogP contribution in [0.3, 0.4) is 0 Å². The normalized spacial score (nSPS) is 25.5. The maximum absolute atomic E-state index is 12.0. The van der Waals surface area contributed by atoms with Gasteiger partial charge >= 0.3 is 0 Å². The summed E-state index contributed by atoms with van der Waals surface area (Å²) in [7, 11) is 1.68. The van der Waals surface area contributed by atoms with Gasteiger partial charge in [0.1, 0.15) is 5.75 Å². The van der Waals surface area contributed by atoms with Crippen molar-refractivity contribution in [2.24, 2.45) is 11.8 Å². The summed E-state index contributed by atoms with van der Waals surface area (Å²) >= 11 is 0. The first-order valence-electron chi connectivity index (χ1n) is 7.19. The molecule has 2 saturated carbocycles. The number of benzene rings is 1. The van der Waals surface area contributed by atoms with E-state index in [0.29, 0.717) is 5.92 Å². The van der Waals surface area contributed by atoms with Crippen molar-refractivity contribution < 1.29 is 9.53 Å². The molecule has 1 aromatic rings. The summed E-state index contributed by atoms with van der Waals surface area (Å²) < 4.78 is 5.23. The zero-order valence-electron chi connectivity index (χ0n) is 11.4. The van der Waals surface area contributed by atoms with E-state index in [1.54, 1.807) is 7.11 Å². The van der Waals surface area contributed by atoms with Crippen molar-refractivity contribution in [2.75, 3.05) is 13.7 Å². The number of amides is 1. The van der Waals surface area contributed by atoms with Gasteiger partial charge in [-0.3, -0.25) is 4.79 Å². The number of carbonyl (C=O) groups excluding carboxylic acids is 1. The van der Waals surface area contributed by atoms with E-state index in [1.165, 1.54) is 24.8 Å². The molecular formula is C16H21NO2. The van der Waals surface area contributed by atoms with Crippen LogP contribution in [0.5, 0.6) is 5.75 Å². The van der Waals surface area contributed by atoms with Gasteiger partial charge in [-0.2, -0.15) is 0 Å². The maximum atomic E-state index is 12.0. The van der Waals surface area contributed by atoms with Crippen LogP contribution in [0.4, 0.5) is 0 Å². The second-order valence-electron chi connectivity index (χ2n) is 5.77. The molecule has 0 radical (unpaired) electrons. The van der Waals surface area contributed by atoms with E-state index in [9.17, 15) is 4.79 Å². The highest BCUT2D eigenvalue weighted by atomic mass is 16.5. The zero-order chi connectivity index (χ0) is 13.2. The van der Waals surface area contributed by atoms with Crippen molar-refractivity contribution >= 4 is 5.91 Å². The van der Waals surface area contributed by atoms with Gasteiger partial charge in [0.2, 0.25) is 5.91 Å². The van der Waals surface area contributed by atoms with Crippen LogP contribution in [0.1, 0.15) is 37.2 Å². The zero-order valence-corrected chi connectivity index (χ0v) is 11.4. The van der Waals surface area contributed by atoms with Crippen LogP contribution in [0.25, 0.3) is 0 Å². The first kappa shape index (κ1) is 12.5. The van der Waals surface area contributed by atoms with E-state index in [1.807, 2.05) is 18.2 Å². The lowest BCUT2D eigenvalue weighted by atomic mass is 9.85. The van der Waals surface area contributed by atoms with Crippen molar-refractivity contribution in [1.82, 2.24) is 5.32 Å². The number of nitrogens with one attached hydrogen (secondary N) is 1. The van der Waals surface area contributed by atoms with Crippen molar-refractivity contribution in [3.05, 3.63) is 29.8 Å². The molecule has 0 saturated heterocycles. The molecule has 0 heterocycles. The Morgan fingerprint density at radius 3 is 2.95 bits per heavy atom. The molecule has 3 rings (SSSR count). The maximum Gasteiger partial charge on any atom is 0.223 e. The Bertz CT molecular complexity index is 468. The van der Waals surface area contributed by atoms with E-state index >= 15 is 0 Å². The number of hydrogen-bond acceptors (Lipinski definition) is 2. The smallest absolute Gasteiger partial charge is 0.223 e. The largest absolute Gasteiger partial charge is 0.497 e. The highest BCUT2D eigenvalue weighted by molar-refractivity contribution is 5.82. The van der Waals surface area contributed by atoms with Crippen LogP contribution < -0.4 is 10.1 Å². The molecule has 3 heteroatoms. The van der Waals surface area contributed by atoms with Gasteiger partial charge < -0.3 is 10.1 Å². The monoisotopic (exact) mass is 259 g/mol. The fraction of sp³-hybridized carbons (Fsp3) is 0.562. The fourth-order valence-electron chi connectivity index (χ4n) is 2.80. The minimum atomic E-state index is 0.173. The molecule has 3 nitrogen and oxygen atoms in total. The van der Waals surface area contributed by atoms with Gasteiger partial charge in [0.05, 0.1) is 7.11 Å². The predicted molar refractivity (Wildman–Crippen MR) is 74.2 cm³/mol. The Hall–Kier alpha value is -1.51. The number of ether oxygens (including phenoxy) is 1. The molecule has 0 aromatic heterocycles. The topological polar surface area (TPSA) is 38.3 Å². The van der Waals surface area contributed by atoms with Crippen LogP contribution in [-0.4, -0.2) is 19.6 Å². The number of rotatable bonds is 5. The minimum absolute atomic E-state index is 0.173. The molecule has 2 atom stereocenters. The summed E-state index contributed by atoms with van der Waals surface area (Å²) in [5.41, 5.74) is 1.23. The van der Waals surface area contributed by atoms with E-state index in [2.05, 4.69) is 11.4 Å². The molecule has 102 valence electrons. The summed E-state index contributed by atoms with van der Waals surface area (Å²) in [5, 5.41) is 3.10. The standard InChI is InChI=1S/C16H21NO2/c1-19-13-7-3-6-12(8-13)14-9-15(14)16(18)17-10-11-4-2-5-11/h3,6-8,11,14-15H,2,4-5,9-10H2,1H3,(H,17,18)/t14-,15+/m1/s1. The molecule has 2 aliphatic carbocycles. The number of methoxy groups -OCH3 is 1. The third-order valence-electron chi connectivity index (χ3n) is 4.44. The van der Waals surface area contributed by atoms with E-state index in [-0.39, 0.29) is 11.8 Å². The van der Waals surface area contributed by atoms with Crippen LogP contribution in [-0.2, 0) is 4.79 Å². The summed E-state index contributed by atoms with van der Waals surface area (Å²) in [6.45, 7) is 0.875. The first-order valence-corrected chi connectivity index (χ1v) is 7.19. The summed E-state index contributed by atoms with van der Waals surface area (Å²) in [6, 6.07) is 8.07. The lowest BCUT2D eigenvalue weighted by Crippen LogP contribution is -2.33. The predicted octanol–water partition coefficient (Wildman–Crippen LogP) is 2.72. The molecule has 19 heavy (non-hydrogen) atoms. The molecule has 1 aromatic carbocycles. The minimum Gasteiger partial charge on any atom is -0.497 e. The third-order valence-corrected chi connectivity index (χ3v) is 4.44. The number of hydrogen-bond donors (Lipinski definition) is 1. The number of carbonyl (C=O) groups is 1. The molecule has 0 unspecified atom stereocenters. The first-order chi connectivity index (χ1) is 9.28. The van der Waals surface area contributed by atoms with E-state index < -0.39 is 0 Å². The van der Waals surface area contributed by atoms with E-state index in [4.69, 9.17) is 4.74 Å². The Morgan fingerprint density at radius 2 is 2.26 bits per heavy atom. The van der Waals surface area contributed by atoms with Crippen molar-refractivity contribution in [3.63, 3.8) is 0 Å². The van der Waals surface area contributed by atoms with Gasteiger partial charge in [-0.25, -0.2) is 0 Å². The quantitative estimate of drug-likeness (QED) is 0.883. The van der Waals surface area contributed by atoms with Crippen molar-refractivity contribution in [3.8, 4) is 5.75 Å². The second-order valence-corrected chi connectivity index (χ2v) is 5.77. The lowest BCUT2D eigenvalue weighted by Gasteiger charge is -2.25. The van der Waals surface area contributed by atoms with Crippen molar-refractivity contribution in [1.29, 1.82) is 0 Å². The molecular weight excluding hydrogens is 238 g/mol. The average molecular weight is 259 g/mol. The second kappa shape index (κ2) is 5.24. The van der Waals surface area contributed by atoms with Crippen LogP contribution in [0.2, 0.25) is 0 Å². The van der Waals surface area contributed by atoms with Gasteiger partial charge in [0, 0.05) is 12.5 Å². The molecule has 0 spiro atoms. The molecule has 0 bridgehead atoms. The molecule has 2 aliphatic rings. The van der Waals surface area contributed by atoms with E-state index in [0.717, 1.165) is 24.6 Å². The highest BCUT2D eigenvalue weighted by Crippen LogP contribution is 2.48. The Balaban J connectivity index is 1.52. The van der Waals surface area contributed by atoms with Crippen molar-refractivity contribution in [2.45, 2.75) is 31.6 Å². The van der Waals surface area contributed by atoms with Gasteiger partial charge in [-0.05, 0) is 48.8 Å². The average Bonchev–Trinajstić information content (AvgIpc) is 3.17. The Kier molecular flexibility index (Phi) is 3.45. The lowest BCUT2D eigenvalue weighted by molar-refractivity contribution is -0.122. The van der Waals surface area contributed by atoms with Crippen LogP contribution >= 0.6 is 0 Å². The third kappa shape index (κ3) is 2.75.